The van der Waals surface area contributed by atoms with E-state index in [1.807, 2.05) is 29.0 Å². The summed E-state index contributed by atoms with van der Waals surface area (Å²) in [4.78, 5) is 16.7. The largest absolute Gasteiger partial charge is 0.342 e. The lowest BCUT2D eigenvalue weighted by atomic mass is 10.0. The second-order valence-corrected chi connectivity index (χ2v) is 8.10. The van der Waals surface area contributed by atoms with Crippen molar-refractivity contribution in [2.75, 3.05) is 4.90 Å². The smallest absolute Gasteiger partial charge is 0.165 e. The molecule has 1 saturated carbocycles. The van der Waals surface area contributed by atoms with E-state index >= 15 is 0 Å². The minimum absolute atomic E-state index is 0.153. The second kappa shape index (κ2) is 7.26. The van der Waals surface area contributed by atoms with Crippen LogP contribution in [-0.4, -0.2) is 46.0 Å². The minimum Gasteiger partial charge on any atom is -0.342 e. The Labute approximate surface area is 179 Å². The quantitative estimate of drug-likeness (QED) is 0.544. The van der Waals surface area contributed by atoms with Crippen molar-refractivity contribution in [2.24, 2.45) is 0 Å². The first kappa shape index (κ1) is 18.2. The molecule has 0 amide bonds. The van der Waals surface area contributed by atoms with Gasteiger partial charge >= 0.3 is 0 Å². The maximum Gasteiger partial charge on any atom is 0.165 e. The second-order valence-electron chi connectivity index (χ2n) is 8.10. The van der Waals surface area contributed by atoms with Crippen LogP contribution in [0.25, 0.3) is 28.5 Å². The molecule has 1 atom stereocenters. The summed E-state index contributed by atoms with van der Waals surface area (Å²) in [6.07, 6.45) is 13.0. The molecule has 0 saturated heterocycles. The van der Waals surface area contributed by atoms with E-state index in [2.05, 4.69) is 37.2 Å². The van der Waals surface area contributed by atoms with Gasteiger partial charge in [0, 0.05) is 12.2 Å². The molecule has 6 rings (SSSR count). The van der Waals surface area contributed by atoms with Gasteiger partial charge in [-0.2, -0.15) is 5.10 Å². The molecule has 9 heteroatoms. The number of hydrogen-bond acceptors (Lipinski definition) is 7. The lowest BCUT2D eigenvalue weighted by Crippen LogP contribution is -2.42. The molecular weight excluding hydrogens is 390 g/mol. The highest BCUT2D eigenvalue weighted by Gasteiger charge is 2.38. The van der Waals surface area contributed by atoms with Gasteiger partial charge in [0.15, 0.2) is 17.5 Å². The van der Waals surface area contributed by atoms with Gasteiger partial charge in [-0.05, 0) is 31.4 Å². The first-order valence-corrected chi connectivity index (χ1v) is 10.9. The van der Waals surface area contributed by atoms with E-state index in [0.29, 0.717) is 11.9 Å². The Kier molecular flexibility index (Phi) is 4.26. The molecule has 0 spiro atoms. The average molecular weight is 413 g/mol. The topological polar surface area (TPSA) is 101 Å². The Morgan fingerprint density at radius 2 is 2.03 bits per heavy atom. The van der Waals surface area contributed by atoms with Gasteiger partial charge in [-0.15, -0.1) is 10.2 Å². The third kappa shape index (κ3) is 2.83. The lowest BCUT2D eigenvalue weighted by molar-refractivity contribution is 0.469. The SMILES string of the molecule is CC[C@@H]1c2nncn2-c2cnc(-c3cn[nH]c3-c3ccccn3)nc2N1C1CCCC1. The van der Waals surface area contributed by atoms with Crippen LogP contribution in [0, 0.1) is 0 Å². The highest BCUT2D eigenvalue weighted by atomic mass is 15.4. The van der Waals surface area contributed by atoms with E-state index in [1.165, 1.54) is 25.7 Å². The summed E-state index contributed by atoms with van der Waals surface area (Å²) in [6, 6.07) is 6.42. The summed E-state index contributed by atoms with van der Waals surface area (Å²) < 4.78 is 2.04. The molecule has 0 bridgehead atoms. The molecule has 1 fully saturated rings. The maximum atomic E-state index is 5.10. The van der Waals surface area contributed by atoms with Crippen LogP contribution in [0.2, 0.25) is 0 Å². The number of anilines is 1. The lowest BCUT2D eigenvalue weighted by Gasteiger charge is -2.40. The monoisotopic (exact) mass is 413 g/mol. The van der Waals surface area contributed by atoms with E-state index < -0.39 is 0 Å². The van der Waals surface area contributed by atoms with Crippen LogP contribution in [0.1, 0.15) is 50.9 Å². The van der Waals surface area contributed by atoms with Gasteiger partial charge in [0.2, 0.25) is 0 Å². The fourth-order valence-electron chi connectivity index (χ4n) is 4.94. The third-order valence-electron chi connectivity index (χ3n) is 6.37. The molecule has 1 aliphatic heterocycles. The van der Waals surface area contributed by atoms with Crippen LogP contribution in [0.5, 0.6) is 0 Å². The number of rotatable bonds is 4. The van der Waals surface area contributed by atoms with Gasteiger partial charge in [-0.3, -0.25) is 14.6 Å². The molecule has 31 heavy (non-hydrogen) atoms. The molecule has 9 nitrogen and oxygen atoms in total. The fourth-order valence-corrected chi connectivity index (χ4v) is 4.94. The van der Waals surface area contributed by atoms with Crippen LogP contribution >= 0.6 is 0 Å². The number of aromatic nitrogens is 8. The van der Waals surface area contributed by atoms with E-state index in [1.54, 1.807) is 18.7 Å². The zero-order valence-electron chi connectivity index (χ0n) is 17.3. The molecule has 0 radical (unpaired) electrons. The summed E-state index contributed by atoms with van der Waals surface area (Å²) in [5.41, 5.74) is 3.41. The molecule has 0 unspecified atom stereocenters. The molecule has 1 N–H and O–H groups in total. The van der Waals surface area contributed by atoms with Crippen molar-refractivity contribution < 1.29 is 0 Å². The predicted octanol–water partition coefficient (Wildman–Crippen LogP) is 3.72. The van der Waals surface area contributed by atoms with Gasteiger partial charge in [0.05, 0.1) is 35.4 Å². The highest BCUT2D eigenvalue weighted by Crippen LogP contribution is 2.43. The number of aromatic amines is 1. The molecule has 4 aromatic heterocycles. The van der Waals surface area contributed by atoms with Crippen molar-refractivity contribution in [1.29, 1.82) is 0 Å². The molecule has 4 aromatic rings. The van der Waals surface area contributed by atoms with Crippen molar-refractivity contribution in [3.63, 3.8) is 0 Å². The summed E-state index contributed by atoms with van der Waals surface area (Å²) in [6.45, 7) is 2.20. The minimum atomic E-state index is 0.153. The number of hydrogen-bond donors (Lipinski definition) is 1. The molecule has 5 heterocycles. The Morgan fingerprint density at radius 3 is 2.84 bits per heavy atom. The Morgan fingerprint density at radius 1 is 1.13 bits per heavy atom. The van der Waals surface area contributed by atoms with Crippen molar-refractivity contribution in [3.05, 3.63) is 48.9 Å². The number of H-pyrrole nitrogens is 1. The summed E-state index contributed by atoms with van der Waals surface area (Å²) in [5, 5.41) is 16.0. The average Bonchev–Trinajstić information content (AvgIpc) is 3.59. The van der Waals surface area contributed by atoms with E-state index in [-0.39, 0.29) is 6.04 Å². The van der Waals surface area contributed by atoms with Gasteiger partial charge < -0.3 is 4.90 Å². The van der Waals surface area contributed by atoms with Gasteiger partial charge in [0.1, 0.15) is 12.0 Å². The van der Waals surface area contributed by atoms with Crippen LogP contribution < -0.4 is 4.90 Å². The van der Waals surface area contributed by atoms with Crippen LogP contribution in [-0.2, 0) is 0 Å². The first-order chi connectivity index (χ1) is 15.3. The van der Waals surface area contributed by atoms with Crippen LogP contribution in [0.4, 0.5) is 5.82 Å². The van der Waals surface area contributed by atoms with Gasteiger partial charge in [-0.25, -0.2) is 9.97 Å². The third-order valence-corrected chi connectivity index (χ3v) is 6.37. The number of nitrogens with one attached hydrogen (secondary N) is 1. The van der Waals surface area contributed by atoms with E-state index in [0.717, 1.165) is 40.7 Å². The van der Waals surface area contributed by atoms with Crippen LogP contribution in [0.3, 0.4) is 0 Å². The zero-order chi connectivity index (χ0) is 20.8. The van der Waals surface area contributed by atoms with Gasteiger partial charge in [-0.1, -0.05) is 25.8 Å². The highest BCUT2D eigenvalue weighted by molar-refractivity contribution is 5.76. The van der Waals surface area contributed by atoms with Crippen molar-refractivity contribution in [2.45, 2.75) is 51.1 Å². The summed E-state index contributed by atoms with van der Waals surface area (Å²) in [5.74, 6) is 2.56. The van der Waals surface area contributed by atoms with Crippen molar-refractivity contribution in [3.8, 4) is 28.5 Å². The Balaban J connectivity index is 1.51. The van der Waals surface area contributed by atoms with E-state index in [4.69, 9.17) is 9.97 Å². The summed E-state index contributed by atoms with van der Waals surface area (Å²) in [7, 11) is 0. The van der Waals surface area contributed by atoms with Gasteiger partial charge in [0.25, 0.3) is 0 Å². The standard InChI is InChI=1S/C22H23N9/c1-2-17-22-29-26-13-30(22)18-12-24-20(27-21(18)31(17)14-7-3-4-8-14)15-11-25-28-19(15)16-9-5-6-10-23-16/h5-6,9-14,17H,2-4,7-8H2,1H3,(H,25,28)/t17-/m1/s1. The van der Waals surface area contributed by atoms with Crippen LogP contribution in [0.15, 0.2) is 43.1 Å². The fraction of sp³-hybridized carbons (Fsp3) is 0.364. The number of pyridine rings is 1. The molecule has 156 valence electrons. The maximum absolute atomic E-state index is 5.10. The molecule has 1 aliphatic carbocycles. The first-order valence-electron chi connectivity index (χ1n) is 10.9. The molecular formula is C22H23N9. The van der Waals surface area contributed by atoms with E-state index in [9.17, 15) is 0 Å². The normalized spacial score (nSPS) is 18.2. The molecule has 0 aromatic carbocycles. The summed E-state index contributed by atoms with van der Waals surface area (Å²) >= 11 is 0. The Bertz CT molecular complexity index is 1210. The Hall–Kier alpha value is -3.62. The van der Waals surface area contributed by atoms with Crippen molar-refractivity contribution >= 4 is 5.82 Å². The predicted molar refractivity (Wildman–Crippen MR) is 116 cm³/mol. The zero-order valence-corrected chi connectivity index (χ0v) is 17.3. The van der Waals surface area contributed by atoms with Crippen molar-refractivity contribution in [1.82, 2.24) is 39.9 Å². The number of nitrogens with zero attached hydrogens (tertiary/aromatic N) is 8. The number of fused-ring (bicyclic) bond motifs is 3. The molecule has 2 aliphatic rings.